The van der Waals surface area contributed by atoms with Crippen molar-refractivity contribution in [2.75, 3.05) is 20.3 Å². The highest BCUT2D eigenvalue weighted by Gasteiger charge is 2.70. The van der Waals surface area contributed by atoms with E-state index in [1.807, 2.05) is 0 Å². The standard InChI is InChI=1S/C37H65NO5/c1-22(2)24(5)33(8)17-18-34(9)25-13-14-28-32(6,7)30(43-21-36(11,38)23(3)4)27(42-12)19-37(28,20-39)26(25)15-16-35(34,10)29(33)31(40)41/h15,22-25,27-30,39H,13-14,16-21,38H2,1-12H3,(H,40,41)/t24-,25+,27-,28+,29-,30+,33-,34-,35+,36+,37+/m1/s1. The Morgan fingerprint density at radius 1 is 1.07 bits per heavy atom. The van der Waals surface area contributed by atoms with Gasteiger partial charge in [0.1, 0.15) is 0 Å². The van der Waals surface area contributed by atoms with Gasteiger partial charge in [-0.2, -0.15) is 0 Å². The van der Waals surface area contributed by atoms with E-state index >= 15 is 0 Å². The molecular formula is C37H65NO5. The zero-order chi connectivity index (χ0) is 32.6. The number of carbonyl (C=O) groups is 1. The molecule has 0 radical (unpaired) electrons. The fraction of sp³-hybridized carbons (Fsp3) is 0.919. The minimum absolute atomic E-state index is 0.0772. The van der Waals surface area contributed by atoms with Crippen LogP contribution in [0.15, 0.2) is 11.6 Å². The van der Waals surface area contributed by atoms with Crippen LogP contribution in [0.4, 0.5) is 0 Å². The number of ether oxygens (including phenoxy) is 2. The largest absolute Gasteiger partial charge is 0.481 e. The Morgan fingerprint density at radius 3 is 2.21 bits per heavy atom. The zero-order valence-electron chi connectivity index (χ0n) is 29.5. The van der Waals surface area contributed by atoms with Gasteiger partial charge in [-0.05, 0) is 96.7 Å². The van der Waals surface area contributed by atoms with E-state index in [1.54, 1.807) is 7.11 Å². The third-order valence-corrected chi connectivity index (χ3v) is 15.0. The molecule has 6 nitrogen and oxygen atoms in total. The fourth-order valence-corrected chi connectivity index (χ4v) is 11.1. The van der Waals surface area contributed by atoms with Crippen molar-refractivity contribution in [2.24, 2.45) is 68.3 Å². The molecule has 0 bridgehead atoms. The van der Waals surface area contributed by atoms with E-state index < -0.39 is 22.8 Å². The summed E-state index contributed by atoms with van der Waals surface area (Å²) in [6.07, 6.45) is 7.48. The van der Waals surface area contributed by atoms with Gasteiger partial charge in [0.15, 0.2) is 0 Å². The maximum absolute atomic E-state index is 13.3. The Bertz CT molecular complexity index is 1080. The Morgan fingerprint density at radius 2 is 1.70 bits per heavy atom. The summed E-state index contributed by atoms with van der Waals surface area (Å²) in [7, 11) is 1.77. The summed E-state index contributed by atoms with van der Waals surface area (Å²) >= 11 is 0. The van der Waals surface area contributed by atoms with Crippen LogP contribution in [0.3, 0.4) is 0 Å². The van der Waals surface area contributed by atoms with Gasteiger partial charge in [0.25, 0.3) is 0 Å². The number of aliphatic hydroxyl groups excluding tert-OH is 1. The average molecular weight is 604 g/mol. The zero-order valence-corrected chi connectivity index (χ0v) is 29.5. The molecule has 0 unspecified atom stereocenters. The summed E-state index contributed by atoms with van der Waals surface area (Å²) < 4.78 is 12.9. The quantitative estimate of drug-likeness (QED) is 0.239. The number of aliphatic carboxylic acids is 1. The number of carboxylic acid groups (broad SMARTS) is 1. The second-order valence-electron chi connectivity index (χ2n) is 17.7. The summed E-state index contributed by atoms with van der Waals surface area (Å²) in [6, 6.07) is 0. The first-order valence-corrected chi connectivity index (χ1v) is 17.2. The Kier molecular flexibility index (Phi) is 9.24. The highest BCUT2D eigenvalue weighted by molar-refractivity contribution is 5.73. The second-order valence-corrected chi connectivity index (χ2v) is 17.7. The summed E-state index contributed by atoms with van der Waals surface area (Å²) in [4.78, 5) is 13.3. The van der Waals surface area contributed by atoms with Gasteiger partial charge in [0, 0.05) is 18.1 Å². The van der Waals surface area contributed by atoms with Crippen LogP contribution < -0.4 is 5.73 Å². The van der Waals surface area contributed by atoms with Gasteiger partial charge >= 0.3 is 5.97 Å². The highest BCUT2D eigenvalue weighted by Crippen LogP contribution is 2.74. The van der Waals surface area contributed by atoms with Crippen LogP contribution >= 0.6 is 0 Å². The van der Waals surface area contributed by atoms with Crippen LogP contribution in [0.5, 0.6) is 0 Å². The summed E-state index contributed by atoms with van der Waals surface area (Å²) in [6.45, 7) is 25.2. The molecule has 0 amide bonds. The first-order chi connectivity index (χ1) is 19.7. The van der Waals surface area contributed by atoms with Crippen molar-refractivity contribution in [2.45, 2.75) is 132 Å². The minimum Gasteiger partial charge on any atom is -0.481 e. The molecule has 43 heavy (non-hydrogen) atoms. The van der Waals surface area contributed by atoms with E-state index in [9.17, 15) is 15.0 Å². The van der Waals surface area contributed by atoms with Gasteiger partial charge < -0.3 is 25.4 Å². The van der Waals surface area contributed by atoms with Gasteiger partial charge in [-0.25, -0.2) is 0 Å². The summed E-state index contributed by atoms with van der Waals surface area (Å²) in [5, 5.41) is 22.3. The lowest BCUT2D eigenvalue weighted by Gasteiger charge is -2.70. The minimum atomic E-state index is -0.641. The molecule has 11 atom stereocenters. The summed E-state index contributed by atoms with van der Waals surface area (Å²) in [5.41, 5.74) is 6.12. The van der Waals surface area contributed by atoms with E-state index in [1.165, 1.54) is 5.57 Å². The van der Waals surface area contributed by atoms with Gasteiger partial charge in [-0.15, -0.1) is 0 Å². The third kappa shape index (κ3) is 4.99. The summed E-state index contributed by atoms with van der Waals surface area (Å²) in [5.74, 6) is 0.424. The lowest BCUT2D eigenvalue weighted by molar-refractivity contribution is -0.223. The first-order valence-electron chi connectivity index (χ1n) is 17.2. The molecule has 0 saturated heterocycles. The SMILES string of the molecule is CO[C@@H]1C[C@]2(CO)C3=CC[C@@]4(C)[C@H](C(=O)O)[C@@](C)([C@H](C)C(C)C)CC[C@]4(C)[C@H]3CC[C@H]2C(C)(C)[C@H]1OC[C@](C)(N)C(C)C. The molecule has 0 aromatic rings. The van der Waals surface area contributed by atoms with Crippen molar-refractivity contribution >= 4 is 5.97 Å². The molecule has 0 aromatic heterocycles. The molecule has 0 spiro atoms. The van der Waals surface area contributed by atoms with Crippen LogP contribution in [0.1, 0.15) is 115 Å². The molecule has 4 aliphatic carbocycles. The first kappa shape index (κ1) is 34.9. The van der Waals surface area contributed by atoms with E-state index in [4.69, 9.17) is 15.2 Å². The Labute approximate surface area is 262 Å². The number of hydrogen-bond donors (Lipinski definition) is 3. The molecule has 0 aliphatic heterocycles. The van der Waals surface area contributed by atoms with Crippen LogP contribution in [-0.2, 0) is 14.3 Å². The van der Waals surface area contributed by atoms with Gasteiger partial charge in [-0.3, -0.25) is 4.79 Å². The molecule has 4 rings (SSSR count). The van der Waals surface area contributed by atoms with Crippen LogP contribution in [0.25, 0.3) is 0 Å². The monoisotopic (exact) mass is 603 g/mol. The van der Waals surface area contributed by atoms with Crippen molar-refractivity contribution in [3.05, 3.63) is 11.6 Å². The average Bonchev–Trinajstić information content (AvgIpc) is 2.91. The van der Waals surface area contributed by atoms with Crippen molar-refractivity contribution in [3.63, 3.8) is 0 Å². The lowest BCUT2D eigenvalue weighted by atomic mass is 9.34. The molecule has 3 fully saturated rings. The normalized spacial score (nSPS) is 44.6. The third-order valence-electron chi connectivity index (χ3n) is 15.0. The molecule has 4 aliphatic rings. The number of fused-ring (bicyclic) bond motifs is 5. The fourth-order valence-electron chi connectivity index (χ4n) is 11.1. The van der Waals surface area contributed by atoms with Crippen LogP contribution in [0, 0.1) is 62.6 Å². The second kappa shape index (κ2) is 11.4. The number of rotatable bonds is 9. The van der Waals surface area contributed by atoms with Gasteiger partial charge in [0.05, 0.1) is 31.3 Å². The molecule has 6 heteroatoms. The van der Waals surface area contributed by atoms with E-state index in [-0.39, 0.29) is 58.2 Å². The topological polar surface area (TPSA) is 102 Å². The number of allylic oxidation sites excluding steroid dienone is 1. The number of methoxy groups -OCH3 is 1. The maximum Gasteiger partial charge on any atom is 0.307 e. The number of carboxylic acids is 1. The molecule has 0 heterocycles. The molecular weight excluding hydrogens is 538 g/mol. The van der Waals surface area contributed by atoms with Crippen LogP contribution in [0.2, 0.25) is 0 Å². The van der Waals surface area contributed by atoms with Crippen molar-refractivity contribution in [1.82, 2.24) is 0 Å². The van der Waals surface area contributed by atoms with Gasteiger partial charge in [0.2, 0.25) is 0 Å². The molecule has 0 aromatic carbocycles. The van der Waals surface area contributed by atoms with Crippen molar-refractivity contribution in [1.29, 1.82) is 0 Å². The van der Waals surface area contributed by atoms with E-state index in [0.29, 0.717) is 24.9 Å². The maximum atomic E-state index is 13.3. The van der Waals surface area contributed by atoms with Crippen molar-refractivity contribution < 1.29 is 24.5 Å². The Hall–Kier alpha value is -0.950. The molecule has 248 valence electrons. The Balaban J connectivity index is 1.77. The van der Waals surface area contributed by atoms with Gasteiger partial charge in [-0.1, -0.05) is 80.9 Å². The lowest BCUT2D eigenvalue weighted by Crippen LogP contribution is -2.67. The van der Waals surface area contributed by atoms with Crippen molar-refractivity contribution in [3.8, 4) is 0 Å². The van der Waals surface area contributed by atoms with E-state index in [0.717, 1.165) is 32.1 Å². The highest BCUT2D eigenvalue weighted by atomic mass is 16.5. The van der Waals surface area contributed by atoms with Crippen LogP contribution in [-0.4, -0.2) is 54.3 Å². The predicted molar refractivity (Wildman–Crippen MR) is 173 cm³/mol. The predicted octanol–water partition coefficient (Wildman–Crippen LogP) is 7.33. The number of aliphatic hydroxyl groups is 1. The van der Waals surface area contributed by atoms with E-state index in [2.05, 4.69) is 82.2 Å². The number of hydrogen-bond acceptors (Lipinski definition) is 5. The molecule has 4 N–H and O–H groups in total. The smallest absolute Gasteiger partial charge is 0.307 e. The molecule has 3 saturated carbocycles. The number of nitrogens with two attached hydrogens (primary N) is 1.